The third kappa shape index (κ3) is 3.52. The van der Waals surface area contributed by atoms with E-state index in [0.717, 1.165) is 18.4 Å². The molecule has 0 aliphatic carbocycles. The van der Waals surface area contributed by atoms with Crippen LogP contribution in [0.25, 0.3) is 0 Å². The average Bonchev–Trinajstić information content (AvgIpc) is 2.46. The van der Waals surface area contributed by atoms with Crippen molar-refractivity contribution in [3.63, 3.8) is 0 Å². The van der Waals surface area contributed by atoms with E-state index in [1.807, 2.05) is 6.92 Å². The van der Waals surface area contributed by atoms with Crippen molar-refractivity contribution in [3.05, 3.63) is 29.3 Å². The predicted molar refractivity (Wildman–Crippen MR) is 75.0 cm³/mol. The van der Waals surface area contributed by atoms with E-state index >= 15 is 0 Å². The van der Waals surface area contributed by atoms with E-state index in [1.54, 1.807) is 6.07 Å². The van der Waals surface area contributed by atoms with Gasteiger partial charge in [-0.25, -0.2) is 4.79 Å². The lowest BCUT2D eigenvalue weighted by Gasteiger charge is -2.29. The fraction of sp³-hybridized carbons (Fsp3) is 0.467. The van der Waals surface area contributed by atoms with Crippen LogP contribution in [-0.4, -0.2) is 34.8 Å². The van der Waals surface area contributed by atoms with Crippen LogP contribution in [0, 0.1) is 0 Å². The highest BCUT2D eigenvalue weighted by molar-refractivity contribution is 5.82. The van der Waals surface area contributed by atoms with Crippen molar-refractivity contribution in [2.75, 3.05) is 6.61 Å². The van der Waals surface area contributed by atoms with Gasteiger partial charge in [-0.3, -0.25) is 10.1 Å². The molecule has 3 N–H and O–H groups in total. The second kappa shape index (κ2) is 6.58. The van der Waals surface area contributed by atoms with Crippen LogP contribution < -0.4 is 5.32 Å². The molecule has 1 aromatic rings. The van der Waals surface area contributed by atoms with Gasteiger partial charge < -0.3 is 14.9 Å². The Morgan fingerprint density at radius 3 is 2.86 bits per heavy atom. The normalized spacial score (nSPS) is 20.6. The molecule has 2 unspecified atom stereocenters. The molecule has 1 aliphatic rings. The molecule has 0 aromatic heterocycles. The fourth-order valence-corrected chi connectivity index (χ4v) is 2.36. The molecule has 0 amide bonds. The number of ether oxygens (including phenoxy) is 1. The molecule has 1 aromatic carbocycles. The summed E-state index contributed by atoms with van der Waals surface area (Å²) in [6.45, 7) is 2.29. The number of phenols is 1. The molecule has 6 heteroatoms. The van der Waals surface area contributed by atoms with Gasteiger partial charge in [-0.15, -0.1) is 0 Å². The molecule has 114 valence electrons. The van der Waals surface area contributed by atoms with E-state index in [-0.39, 0.29) is 12.2 Å². The SMILES string of the molecule is CCCCOC(=O)C1NC(C(=O)O)Cc2ccc(O)cc21. The van der Waals surface area contributed by atoms with Gasteiger partial charge in [-0.2, -0.15) is 0 Å². The van der Waals surface area contributed by atoms with Crippen LogP contribution in [0.5, 0.6) is 5.75 Å². The minimum absolute atomic E-state index is 0.0377. The standard InChI is InChI=1S/C15H19NO5/c1-2-3-6-21-15(20)13-11-8-10(17)5-4-9(11)7-12(16-13)14(18)19/h4-5,8,12-13,16-17H,2-3,6-7H2,1H3,(H,18,19). The predicted octanol–water partition coefficient (Wildman–Crippen LogP) is 1.38. The molecule has 0 radical (unpaired) electrons. The minimum atomic E-state index is -1.01. The highest BCUT2D eigenvalue weighted by atomic mass is 16.5. The Kier molecular flexibility index (Phi) is 4.80. The summed E-state index contributed by atoms with van der Waals surface area (Å²) in [6, 6.07) is 2.91. The number of aromatic hydroxyl groups is 1. The van der Waals surface area contributed by atoms with Crippen LogP contribution in [0.2, 0.25) is 0 Å². The van der Waals surface area contributed by atoms with E-state index in [1.165, 1.54) is 12.1 Å². The Morgan fingerprint density at radius 2 is 2.19 bits per heavy atom. The van der Waals surface area contributed by atoms with Gasteiger partial charge >= 0.3 is 11.9 Å². The molecule has 6 nitrogen and oxygen atoms in total. The number of fused-ring (bicyclic) bond motifs is 1. The summed E-state index contributed by atoms with van der Waals surface area (Å²) < 4.78 is 5.17. The Morgan fingerprint density at radius 1 is 1.43 bits per heavy atom. The van der Waals surface area contributed by atoms with Crippen LogP contribution in [0.4, 0.5) is 0 Å². The summed E-state index contributed by atoms with van der Waals surface area (Å²) in [5.41, 5.74) is 1.31. The second-order valence-electron chi connectivity index (χ2n) is 5.10. The van der Waals surface area contributed by atoms with Crippen molar-refractivity contribution in [3.8, 4) is 5.75 Å². The zero-order valence-corrected chi connectivity index (χ0v) is 11.8. The van der Waals surface area contributed by atoms with E-state index < -0.39 is 24.0 Å². The van der Waals surface area contributed by atoms with Gasteiger partial charge in [0.1, 0.15) is 17.8 Å². The molecule has 0 fully saturated rings. The first-order valence-corrected chi connectivity index (χ1v) is 7.00. The number of carbonyl (C=O) groups excluding carboxylic acids is 1. The number of benzene rings is 1. The highest BCUT2D eigenvalue weighted by Crippen LogP contribution is 2.29. The van der Waals surface area contributed by atoms with E-state index in [9.17, 15) is 14.7 Å². The maximum atomic E-state index is 12.2. The van der Waals surface area contributed by atoms with Crippen LogP contribution in [0.15, 0.2) is 18.2 Å². The monoisotopic (exact) mass is 293 g/mol. The lowest BCUT2D eigenvalue weighted by molar-refractivity contribution is -0.148. The number of nitrogens with one attached hydrogen (secondary N) is 1. The van der Waals surface area contributed by atoms with E-state index in [4.69, 9.17) is 9.84 Å². The molecule has 0 bridgehead atoms. The molecule has 1 heterocycles. The van der Waals surface area contributed by atoms with E-state index in [2.05, 4.69) is 5.32 Å². The summed E-state index contributed by atoms with van der Waals surface area (Å²) >= 11 is 0. The molecule has 0 saturated carbocycles. The number of esters is 1. The topological polar surface area (TPSA) is 95.9 Å². The van der Waals surface area contributed by atoms with Gasteiger partial charge in [0.05, 0.1) is 6.61 Å². The van der Waals surface area contributed by atoms with Gasteiger partial charge in [0.15, 0.2) is 0 Å². The third-order valence-corrected chi connectivity index (χ3v) is 3.51. The van der Waals surface area contributed by atoms with Crippen LogP contribution in [0.1, 0.15) is 36.9 Å². The molecule has 2 atom stereocenters. The molecule has 0 spiro atoms. The van der Waals surface area contributed by atoms with Crippen LogP contribution in [0.3, 0.4) is 0 Å². The molecule has 1 aliphatic heterocycles. The Labute approximate surface area is 122 Å². The summed E-state index contributed by atoms with van der Waals surface area (Å²) in [5, 5.41) is 21.5. The first-order chi connectivity index (χ1) is 10.0. The maximum absolute atomic E-state index is 12.2. The number of carboxylic acid groups (broad SMARTS) is 1. The van der Waals surface area contributed by atoms with Gasteiger partial charge in [-0.1, -0.05) is 19.4 Å². The quantitative estimate of drug-likeness (QED) is 0.560. The molecule has 21 heavy (non-hydrogen) atoms. The summed E-state index contributed by atoms with van der Waals surface area (Å²) in [7, 11) is 0. The Balaban J connectivity index is 2.24. The molecule has 0 saturated heterocycles. The second-order valence-corrected chi connectivity index (χ2v) is 5.10. The smallest absolute Gasteiger partial charge is 0.327 e. The molecule has 2 rings (SSSR count). The average molecular weight is 293 g/mol. The highest BCUT2D eigenvalue weighted by Gasteiger charge is 2.35. The lowest BCUT2D eigenvalue weighted by atomic mass is 9.90. The molecular formula is C15H19NO5. The van der Waals surface area contributed by atoms with Crippen molar-refractivity contribution in [2.24, 2.45) is 0 Å². The van der Waals surface area contributed by atoms with Gasteiger partial charge in [0, 0.05) is 0 Å². The zero-order valence-electron chi connectivity index (χ0n) is 11.8. The van der Waals surface area contributed by atoms with Crippen LogP contribution >= 0.6 is 0 Å². The lowest BCUT2D eigenvalue weighted by Crippen LogP contribution is -2.47. The number of hydrogen-bond donors (Lipinski definition) is 3. The largest absolute Gasteiger partial charge is 0.508 e. The number of carboxylic acids is 1. The van der Waals surface area contributed by atoms with Gasteiger partial charge in [0.25, 0.3) is 0 Å². The number of rotatable bonds is 5. The van der Waals surface area contributed by atoms with Crippen molar-refractivity contribution >= 4 is 11.9 Å². The first-order valence-electron chi connectivity index (χ1n) is 7.00. The van der Waals surface area contributed by atoms with Crippen molar-refractivity contribution in [1.82, 2.24) is 5.32 Å². The maximum Gasteiger partial charge on any atom is 0.327 e. The minimum Gasteiger partial charge on any atom is -0.508 e. The number of phenolic OH excluding ortho intramolecular Hbond substituents is 1. The van der Waals surface area contributed by atoms with Crippen molar-refractivity contribution in [1.29, 1.82) is 0 Å². The van der Waals surface area contributed by atoms with Crippen molar-refractivity contribution in [2.45, 2.75) is 38.3 Å². The number of hydrogen-bond acceptors (Lipinski definition) is 5. The number of aliphatic carboxylic acids is 1. The summed E-state index contributed by atoms with van der Waals surface area (Å²) in [4.78, 5) is 23.4. The Bertz CT molecular complexity index is 543. The number of unbranched alkanes of at least 4 members (excludes halogenated alkanes) is 1. The van der Waals surface area contributed by atoms with E-state index in [0.29, 0.717) is 12.2 Å². The van der Waals surface area contributed by atoms with Crippen molar-refractivity contribution < 1.29 is 24.5 Å². The summed E-state index contributed by atoms with van der Waals surface area (Å²) in [5.74, 6) is -1.49. The van der Waals surface area contributed by atoms with Gasteiger partial charge in [-0.05, 0) is 36.1 Å². The molecular weight excluding hydrogens is 274 g/mol. The van der Waals surface area contributed by atoms with Gasteiger partial charge in [0.2, 0.25) is 0 Å². The zero-order chi connectivity index (χ0) is 15.4. The first kappa shape index (κ1) is 15.3. The number of carbonyl (C=O) groups is 2. The van der Waals surface area contributed by atoms with Crippen LogP contribution in [-0.2, 0) is 20.7 Å². The third-order valence-electron chi connectivity index (χ3n) is 3.51. The fourth-order valence-electron chi connectivity index (χ4n) is 2.36. The summed E-state index contributed by atoms with van der Waals surface area (Å²) in [6.07, 6.45) is 1.93. The Hall–Kier alpha value is -2.08.